The van der Waals surface area contributed by atoms with Crippen LogP contribution in [-0.2, 0) is 62.1 Å². The maximum atomic E-state index is 12.3. The van der Waals surface area contributed by atoms with Gasteiger partial charge in [-0.2, -0.15) is 8.42 Å². The van der Waals surface area contributed by atoms with Crippen molar-refractivity contribution in [3.63, 3.8) is 0 Å². The number of hydrogen-bond acceptors (Lipinski definition) is 27. The van der Waals surface area contributed by atoms with E-state index in [1.807, 2.05) is 0 Å². The Hall–Kier alpha value is -2.07. The SMILES string of the molecule is CC(=O)N[C@H]1[C@H](OC[C@@H](O)[C@H](O)[C@H](O[C@@H]2O[C@H](CO)[C@H](O)[C@H](O[C@@H]3O[C@H](CO)[C@H](O)[C@H](O)[C@H]3O)[C@H]2O[C@@H]2O[C@@H](C)[C@@H](O)[C@@H](O)[C@@H]2O)[C@H](CO)NC(C)=O)O[C@H](COS(=O)(=O)O)[C@@H](O)[C@@H]1O. The van der Waals surface area contributed by atoms with E-state index in [1.54, 1.807) is 0 Å². The number of hydrogen-bond donors (Lipinski definition) is 17. The number of aliphatic hydroxyl groups excluding tert-OH is 14. The summed E-state index contributed by atoms with van der Waals surface area (Å²) in [5.41, 5.74) is 0. The van der Waals surface area contributed by atoms with Gasteiger partial charge in [-0.05, 0) is 6.92 Å². The lowest BCUT2D eigenvalue weighted by atomic mass is 9.95. The lowest BCUT2D eigenvalue weighted by Gasteiger charge is -2.49. The maximum Gasteiger partial charge on any atom is 0.397 e. The van der Waals surface area contributed by atoms with Gasteiger partial charge in [-0.3, -0.25) is 14.1 Å². The van der Waals surface area contributed by atoms with E-state index in [1.165, 1.54) is 6.92 Å². The molecule has 0 aliphatic carbocycles. The van der Waals surface area contributed by atoms with Gasteiger partial charge in [0.1, 0.15) is 110 Å². The highest BCUT2D eigenvalue weighted by Gasteiger charge is 2.56. The predicted octanol–water partition coefficient (Wildman–Crippen LogP) is -11.1. The van der Waals surface area contributed by atoms with Crippen LogP contribution in [0.5, 0.6) is 0 Å². The van der Waals surface area contributed by atoms with Crippen LogP contribution in [-0.4, -0.2) is 276 Å². The molecule has 380 valence electrons. The van der Waals surface area contributed by atoms with Gasteiger partial charge in [-0.25, -0.2) is 4.18 Å². The molecule has 4 rings (SSSR count). The molecule has 4 heterocycles. The molecule has 4 aliphatic heterocycles. The number of rotatable bonds is 20. The van der Waals surface area contributed by atoms with Crippen molar-refractivity contribution < 1.29 is 136 Å². The molecule has 31 heteroatoms. The molecule has 0 saturated carbocycles. The molecule has 0 spiro atoms. The minimum absolute atomic E-state index is 0.808. The number of amides is 2. The van der Waals surface area contributed by atoms with Gasteiger partial charge in [0.05, 0.1) is 45.2 Å². The second-order valence-electron chi connectivity index (χ2n) is 15.7. The van der Waals surface area contributed by atoms with Crippen molar-refractivity contribution in [2.75, 3.05) is 33.0 Å². The van der Waals surface area contributed by atoms with Crippen LogP contribution >= 0.6 is 0 Å². The highest BCUT2D eigenvalue weighted by Crippen LogP contribution is 2.35. The number of nitrogens with one attached hydrogen (secondary N) is 2. The van der Waals surface area contributed by atoms with Crippen LogP contribution in [0, 0.1) is 0 Å². The number of carbonyl (C=O) groups is 2. The first-order valence-corrected chi connectivity index (χ1v) is 21.4. The van der Waals surface area contributed by atoms with Crippen LogP contribution in [0.4, 0.5) is 0 Å². The molecule has 17 N–H and O–H groups in total. The predicted molar refractivity (Wildman–Crippen MR) is 201 cm³/mol. The summed E-state index contributed by atoms with van der Waals surface area (Å²) in [6.07, 6.45) is -43.1. The molecule has 65 heavy (non-hydrogen) atoms. The second kappa shape index (κ2) is 24.0. The Labute approximate surface area is 369 Å². The Bertz CT molecular complexity index is 1620. The first kappa shape index (κ1) is 55.5. The molecule has 0 aromatic heterocycles. The highest BCUT2D eigenvalue weighted by molar-refractivity contribution is 7.80. The molecule has 4 saturated heterocycles. The molecule has 4 fully saturated rings. The van der Waals surface area contributed by atoms with Crippen LogP contribution in [0.1, 0.15) is 20.8 Å². The van der Waals surface area contributed by atoms with E-state index in [4.69, 9.17) is 42.4 Å². The van der Waals surface area contributed by atoms with Gasteiger partial charge < -0.3 is 120 Å². The summed E-state index contributed by atoms with van der Waals surface area (Å²) in [6, 6.07) is -3.39. The number of ether oxygens (including phenoxy) is 8. The van der Waals surface area contributed by atoms with Crippen LogP contribution in [0.2, 0.25) is 0 Å². The van der Waals surface area contributed by atoms with Gasteiger partial charge in [0.2, 0.25) is 11.8 Å². The van der Waals surface area contributed by atoms with E-state index in [0.717, 1.165) is 13.8 Å². The minimum Gasteiger partial charge on any atom is -0.394 e. The molecule has 0 bridgehead atoms. The summed E-state index contributed by atoms with van der Waals surface area (Å²) in [4.78, 5) is 24.3. The largest absolute Gasteiger partial charge is 0.397 e. The fourth-order valence-electron chi connectivity index (χ4n) is 7.39. The maximum absolute atomic E-state index is 12.3. The minimum atomic E-state index is -5.11. The third-order valence-electron chi connectivity index (χ3n) is 10.9. The molecular weight excluding hydrogens is 916 g/mol. The zero-order valence-electron chi connectivity index (χ0n) is 34.8. The van der Waals surface area contributed by atoms with Crippen molar-refractivity contribution in [1.29, 1.82) is 0 Å². The van der Waals surface area contributed by atoms with Crippen molar-refractivity contribution in [2.24, 2.45) is 0 Å². The molecule has 2 amide bonds. The highest BCUT2D eigenvalue weighted by atomic mass is 32.3. The zero-order chi connectivity index (χ0) is 48.8. The van der Waals surface area contributed by atoms with E-state index in [2.05, 4.69) is 14.8 Å². The van der Waals surface area contributed by atoms with Gasteiger partial charge in [0, 0.05) is 13.8 Å². The van der Waals surface area contributed by atoms with Crippen molar-refractivity contribution in [1.82, 2.24) is 10.6 Å². The van der Waals surface area contributed by atoms with Gasteiger partial charge in [-0.1, -0.05) is 0 Å². The topological polar surface area (TPSA) is 479 Å². The Balaban J connectivity index is 1.71. The fraction of sp³-hybridized carbons (Fsp3) is 0.941. The Morgan fingerprint density at radius 2 is 1.17 bits per heavy atom. The summed E-state index contributed by atoms with van der Waals surface area (Å²) in [5.74, 6) is -1.67. The van der Waals surface area contributed by atoms with Crippen LogP contribution in [0.3, 0.4) is 0 Å². The average Bonchev–Trinajstić information content (AvgIpc) is 3.24. The van der Waals surface area contributed by atoms with Crippen LogP contribution < -0.4 is 10.6 Å². The van der Waals surface area contributed by atoms with Crippen LogP contribution in [0.25, 0.3) is 0 Å². The molecule has 0 aromatic rings. The Morgan fingerprint density at radius 1 is 0.646 bits per heavy atom. The summed E-state index contributed by atoms with van der Waals surface area (Å²) < 4.78 is 81.2. The third-order valence-corrected chi connectivity index (χ3v) is 11.4. The monoisotopic (exact) mass is 976 g/mol. The van der Waals surface area contributed by atoms with Gasteiger partial charge in [0.15, 0.2) is 25.2 Å². The molecule has 30 nitrogen and oxygen atoms in total. The van der Waals surface area contributed by atoms with Crippen molar-refractivity contribution in [3.05, 3.63) is 0 Å². The fourth-order valence-corrected chi connectivity index (χ4v) is 7.70. The summed E-state index contributed by atoms with van der Waals surface area (Å²) in [6.45, 7) is -2.04. The first-order valence-electron chi connectivity index (χ1n) is 20.0. The molecular formula is C34H60N2O28S. The quantitative estimate of drug-likeness (QED) is 0.0504. The normalized spacial score (nSPS) is 42.4. The molecule has 0 unspecified atom stereocenters. The third kappa shape index (κ3) is 13.8. The zero-order valence-corrected chi connectivity index (χ0v) is 35.6. The van der Waals surface area contributed by atoms with Gasteiger partial charge in [-0.15, -0.1) is 0 Å². The van der Waals surface area contributed by atoms with E-state index in [9.17, 15) is 89.5 Å². The molecule has 24 atom stereocenters. The molecule has 4 aliphatic rings. The number of carbonyl (C=O) groups excluding carboxylic acids is 2. The number of aliphatic hydroxyl groups is 14. The van der Waals surface area contributed by atoms with E-state index in [-0.39, 0.29) is 0 Å². The Kier molecular flexibility index (Phi) is 20.5. The van der Waals surface area contributed by atoms with Crippen molar-refractivity contribution in [2.45, 2.75) is 168 Å². The van der Waals surface area contributed by atoms with Crippen molar-refractivity contribution >= 4 is 22.2 Å². The molecule has 0 radical (unpaired) electrons. The summed E-state index contributed by atoms with van der Waals surface area (Å²) in [7, 11) is -5.11. The summed E-state index contributed by atoms with van der Waals surface area (Å²) in [5, 5.41) is 154. The standard InChI is InChI=1S/C34H60N2O28S/c1-9-18(43)24(49)26(51)32(58-9)64-30-29(63-33-27(52)25(50)20(45)14(5-38)59-33)22(47)15(6-39)60-34(30)62-28(12(4-37)35-10(2)40)19(44)13(42)7-56-31-17(36-11(3)41)23(48)21(46)16(61-31)8-57-65(53,54)55/h9,12-34,37-39,42-52H,4-8H2,1-3H3,(H,35,40)(H,36,41)(H,53,54,55)/t9-,12-,13+,14+,15+,16+,17+,18+,19-,20-,21+,22-,23+,24+,25-,26-,27+,28+,29-,30+,31+,32-,33-,34-/m0/s1. The summed E-state index contributed by atoms with van der Waals surface area (Å²) >= 11 is 0. The van der Waals surface area contributed by atoms with E-state index < -0.39 is 202 Å². The Morgan fingerprint density at radius 3 is 1.72 bits per heavy atom. The lowest BCUT2D eigenvalue weighted by molar-refractivity contribution is -0.396. The van der Waals surface area contributed by atoms with Crippen LogP contribution in [0.15, 0.2) is 0 Å². The second-order valence-corrected chi connectivity index (χ2v) is 16.8. The smallest absolute Gasteiger partial charge is 0.394 e. The molecule has 0 aromatic carbocycles. The first-order chi connectivity index (χ1) is 30.3. The van der Waals surface area contributed by atoms with Gasteiger partial charge in [0.25, 0.3) is 0 Å². The lowest BCUT2D eigenvalue weighted by Crippen LogP contribution is -2.68. The van der Waals surface area contributed by atoms with E-state index >= 15 is 0 Å². The van der Waals surface area contributed by atoms with E-state index in [0.29, 0.717) is 0 Å². The average molecular weight is 977 g/mol. The van der Waals surface area contributed by atoms with Crippen molar-refractivity contribution in [3.8, 4) is 0 Å². The van der Waals surface area contributed by atoms with Gasteiger partial charge >= 0.3 is 10.4 Å².